The average Bonchev–Trinajstić information content (AvgIpc) is 3.41. The number of rotatable bonds is 5. The van der Waals surface area contributed by atoms with Crippen LogP contribution < -0.4 is 10.2 Å². The first-order chi connectivity index (χ1) is 15.2. The number of nitrogens with zero attached hydrogens (tertiary/aromatic N) is 1. The molecule has 2 amide bonds. The lowest BCUT2D eigenvalue weighted by Crippen LogP contribution is -2.32. The third-order valence-corrected chi connectivity index (χ3v) is 6.39. The number of carbonyl (C=O) groups excluding carboxylic acids is 2. The lowest BCUT2D eigenvalue weighted by atomic mass is 10.1. The highest BCUT2D eigenvalue weighted by Crippen LogP contribution is 2.36. The first kappa shape index (κ1) is 19.3. The Bertz CT molecular complexity index is 1320. The topological polar surface area (TPSA) is 49.4 Å². The van der Waals surface area contributed by atoms with Gasteiger partial charge in [0.25, 0.3) is 11.8 Å². The lowest BCUT2D eigenvalue weighted by molar-refractivity contribution is -0.120. The Hall–Kier alpha value is -3.70. The van der Waals surface area contributed by atoms with Crippen LogP contribution in [0.3, 0.4) is 0 Å². The minimum absolute atomic E-state index is 0.306. The maximum absolute atomic E-state index is 13.5. The fourth-order valence-electron chi connectivity index (χ4n) is 3.88. The van der Waals surface area contributed by atoms with Gasteiger partial charge in [0.2, 0.25) is 0 Å². The number of amides is 2. The van der Waals surface area contributed by atoms with Crippen molar-refractivity contribution in [3.05, 3.63) is 100 Å². The highest BCUT2D eigenvalue weighted by molar-refractivity contribution is 7.11. The van der Waals surface area contributed by atoms with E-state index in [1.54, 1.807) is 0 Å². The summed E-state index contributed by atoms with van der Waals surface area (Å²) in [5, 5.41) is 7.27. The number of fused-ring (bicyclic) bond motifs is 1. The van der Waals surface area contributed by atoms with E-state index in [0.29, 0.717) is 17.0 Å². The van der Waals surface area contributed by atoms with E-state index in [0.717, 1.165) is 33.3 Å². The molecular formula is C26H20N2O2S. The van der Waals surface area contributed by atoms with Crippen LogP contribution in [-0.2, 0) is 16.0 Å². The molecule has 1 aromatic heterocycles. The quantitative estimate of drug-likeness (QED) is 0.408. The molecule has 0 saturated heterocycles. The fourth-order valence-corrected chi connectivity index (χ4v) is 4.65. The van der Waals surface area contributed by atoms with Gasteiger partial charge in [0.05, 0.1) is 11.3 Å². The molecule has 4 aromatic rings. The number of nitrogens with one attached hydrogen (secondary N) is 1. The van der Waals surface area contributed by atoms with Crippen LogP contribution >= 0.6 is 11.3 Å². The van der Waals surface area contributed by atoms with E-state index < -0.39 is 0 Å². The van der Waals surface area contributed by atoms with Gasteiger partial charge >= 0.3 is 0 Å². The Kier molecular flexibility index (Phi) is 4.88. The van der Waals surface area contributed by atoms with Crippen LogP contribution in [0.25, 0.3) is 16.3 Å². The number of anilines is 2. The van der Waals surface area contributed by atoms with E-state index in [1.807, 2.05) is 84.2 Å². The van der Waals surface area contributed by atoms with Gasteiger partial charge in [0, 0.05) is 16.0 Å². The summed E-state index contributed by atoms with van der Waals surface area (Å²) >= 11 is 1.45. The van der Waals surface area contributed by atoms with Crippen LogP contribution in [0.5, 0.6) is 0 Å². The van der Waals surface area contributed by atoms with Crippen molar-refractivity contribution in [2.45, 2.75) is 13.3 Å². The van der Waals surface area contributed by atoms with E-state index in [1.165, 1.54) is 16.2 Å². The van der Waals surface area contributed by atoms with Crippen LogP contribution in [0, 0.1) is 0 Å². The summed E-state index contributed by atoms with van der Waals surface area (Å²) in [5.41, 5.74) is 3.25. The van der Waals surface area contributed by atoms with Crippen LogP contribution in [0.15, 0.2) is 89.9 Å². The van der Waals surface area contributed by atoms with Gasteiger partial charge in [-0.05, 0) is 47.0 Å². The molecule has 1 aliphatic rings. The molecule has 0 saturated carbocycles. The summed E-state index contributed by atoms with van der Waals surface area (Å²) in [6, 6.07) is 25.2. The van der Waals surface area contributed by atoms with E-state index in [4.69, 9.17) is 0 Å². The number of benzene rings is 3. The Balaban J connectivity index is 1.61. The SMILES string of the molecule is CCc1ccc(N2C(=O)C(Nc3cccc4ccccc34)=C(c3cccs3)C2=O)cc1. The van der Waals surface area contributed by atoms with Crippen molar-refractivity contribution < 1.29 is 9.59 Å². The van der Waals surface area contributed by atoms with Gasteiger partial charge in [-0.3, -0.25) is 9.59 Å². The van der Waals surface area contributed by atoms with Crippen LogP contribution in [0.4, 0.5) is 11.4 Å². The molecule has 0 unspecified atom stereocenters. The zero-order valence-electron chi connectivity index (χ0n) is 17.0. The molecule has 2 heterocycles. The first-order valence-corrected chi connectivity index (χ1v) is 11.1. The van der Waals surface area contributed by atoms with E-state index in [2.05, 4.69) is 12.2 Å². The second-order valence-electron chi connectivity index (χ2n) is 7.34. The molecule has 3 aromatic carbocycles. The molecule has 152 valence electrons. The van der Waals surface area contributed by atoms with E-state index in [9.17, 15) is 9.59 Å². The Morgan fingerprint density at radius 2 is 1.61 bits per heavy atom. The van der Waals surface area contributed by atoms with Crippen LogP contribution in [0.2, 0.25) is 0 Å². The normalized spacial score (nSPS) is 14.0. The van der Waals surface area contributed by atoms with Crippen molar-refractivity contribution >= 4 is 50.9 Å². The molecule has 0 radical (unpaired) electrons. The predicted octanol–water partition coefficient (Wildman–Crippen LogP) is 5.86. The monoisotopic (exact) mass is 424 g/mol. The molecule has 1 N–H and O–H groups in total. The van der Waals surface area contributed by atoms with Gasteiger partial charge in [-0.2, -0.15) is 0 Å². The maximum atomic E-state index is 13.5. The number of carbonyl (C=O) groups is 2. The molecule has 0 aliphatic carbocycles. The molecule has 0 spiro atoms. The first-order valence-electron chi connectivity index (χ1n) is 10.2. The highest BCUT2D eigenvalue weighted by atomic mass is 32.1. The van der Waals surface area contributed by atoms with Gasteiger partial charge in [-0.1, -0.05) is 61.5 Å². The van der Waals surface area contributed by atoms with Crippen molar-refractivity contribution in [2.24, 2.45) is 0 Å². The summed E-state index contributed by atoms with van der Waals surface area (Å²) in [4.78, 5) is 29.0. The molecule has 5 rings (SSSR count). The van der Waals surface area contributed by atoms with Gasteiger partial charge in [-0.15, -0.1) is 11.3 Å². The third-order valence-electron chi connectivity index (χ3n) is 5.50. The molecule has 0 atom stereocenters. The number of hydrogen-bond acceptors (Lipinski definition) is 4. The summed E-state index contributed by atoms with van der Waals surface area (Å²) in [7, 11) is 0. The van der Waals surface area contributed by atoms with Gasteiger partial charge < -0.3 is 5.32 Å². The fraction of sp³-hybridized carbons (Fsp3) is 0.0769. The minimum atomic E-state index is -0.342. The summed E-state index contributed by atoms with van der Waals surface area (Å²) in [6.45, 7) is 2.07. The smallest absolute Gasteiger partial charge is 0.282 e. The van der Waals surface area contributed by atoms with E-state index >= 15 is 0 Å². The number of thiophene rings is 1. The van der Waals surface area contributed by atoms with Crippen molar-refractivity contribution in [2.75, 3.05) is 10.2 Å². The standard InChI is InChI=1S/C26H20N2O2S/c1-2-17-12-14-19(15-13-17)28-25(29)23(22-11-6-16-31-22)24(26(28)30)27-21-10-5-8-18-7-3-4-9-20(18)21/h3-16,27H,2H2,1H3. The zero-order valence-corrected chi connectivity index (χ0v) is 17.8. The second-order valence-corrected chi connectivity index (χ2v) is 8.29. The third kappa shape index (κ3) is 3.33. The Morgan fingerprint density at radius 3 is 2.35 bits per heavy atom. The molecule has 31 heavy (non-hydrogen) atoms. The Morgan fingerprint density at radius 1 is 0.839 bits per heavy atom. The predicted molar refractivity (Wildman–Crippen MR) is 127 cm³/mol. The number of aryl methyl sites for hydroxylation is 1. The molecule has 5 heteroatoms. The zero-order chi connectivity index (χ0) is 21.4. The number of hydrogen-bond donors (Lipinski definition) is 1. The van der Waals surface area contributed by atoms with Gasteiger partial charge in [0.15, 0.2) is 0 Å². The maximum Gasteiger partial charge on any atom is 0.282 e. The van der Waals surface area contributed by atoms with E-state index in [-0.39, 0.29) is 11.8 Å². The van der Waals surface area contributed by atoms with Gasteiger partial charge in [0.1, 0.15) is 5.70 Å². The largest absolute Gasteiger partial charge is 0.350 e. The van der Waals surface area contributed by atoms with Crippen molar-refractivity contribution in [3.8, 4) is 0 Å². The molecule has 0 fully saturated rings. The average molecular weight is 425 g/mol. The van der Waals surface area contributed by atoms with Crippen molar-refractivity contribution in [3.63, 3.8) is 0 Å². The highest BCUT2D eigenvalue weighted by Gasteiger charge is 2.40. The molecular weight excluding hydrogens is 404 g/mol. The molecule has 0 bridgehead atoms. The van der Waals surface area contributed by atoms with Gasteiger partial charge in [-0.25, -0.2) is 4.90 Å². The van der Waals surface area contributed by atoms with Crippen LogP contribution in [-0.4, -0.2) is 11.8 Å². The molecule has 1 aliphatic heterocycles. The Labute approximate surface area is 184 Å². The molecule has 4 nitrogen and oxygen atoms in total. The lowest BCUT2D eigenvalue weighted by Gasteiger charge is -2.16. The van der Waals surface area contributed by atoms with Crippen molar-refractivity contribution in [1.82, 2.24) is 0 Å². The summed E-state index contributed by atoms with van der Waals surface area (Å²) in [5.74, 6) is -0.648. The van der Waals surface area contributed by atoms with Crippen LogP contribution in [0.1, 0.15) is 17.4 Å². The number of imide groups is 1. The second kappa shape index (κ2) is 7.85. The minimum Gasteiger partial charge on any atom is -0.350 e. The summed E-state index contributed by atoms with van der Waals surface area (Å²) < 4.78 is 0. The summed E-state index contributed by atoms with van der Waals surface area (Å²) in [6.07, 6.45) is 0.898. The van der Waals surface area contributed by atoms with Crippen molar-refractivity contribution in [1.29, 1.82) is 0 Å².